The molecule has 0 bridgehead atoms. The molecule has 0 fully saturated rings. The molecule has 0 aliphatic heterocycles. The van der Waals surface area contributed by atoms with E-state index < -0.39 is 4.92 Å². The number of halogens is 1. The van der Waals surface area contributed by atoms with Gasteiger partial charge in [-0.25, -0.2) is 0 Å². The van der Waals surface area contributed by atoms with E-state index in [9.17, 15) is 14.9 Å². The SMILES string of the molecule is CCOc1ccc(NC=O)c(Sc2cc(Cl)ccc2[N+](=O)[O-])c1. The van der Waals surface area contributed by atoms with Gasteiger partial charge in [-0.15, -0.1) is 0 Å². The van der Waals surface area contributed by atoms with Gasteiger partial charge in [0.1, 0.15) is 5.75 Å². The molecular weight excluding hydrogens is 340 g/mol. The van der Waals surface area contributed by atoms with Gasteiger partial charge < -0.3 is 10.1 Å². The lowest BCUT2D eigenvalue weighted by Gasteiger charge is -2.11. The van der Waals surface area contributed by atoms with Crippen molar-refractivity contribution < 1.29 is 14.5 Å². The number of hydrogen-bond donors (Lipinski definition) is 1. The number of benzene rings is 2. The molecule has 0 saturated carbocycles. The first-order valence-electron chi connectivity index (χ1n) is 6.64. The maximum atomic E-state index is 11.2. The van der Waals surface area contributed by atoms with E-state index in [-0.39, 0.29) is 5.69 Å². The van der Waals surface area contributed by atoms with E-state index in [1.807, 2.05) is 6.92 Å². The Labute approximate surface area is 141 Å². The summed E-state index contributed by atoms with van der Waals surface area (Å²) in [6, 6.07) is 9.44. The van der Waals surface area contributed by atoms with Crippen LogP contribution in [0.15, 0.2) is 46.2 Å². The Kier molecular flexibility index (Phi) is 5.84. The number of nitro benzene ring substituents is 1. The molecule has 0 spiro atoms. The van der Waals surface area contributed by atoms with Gasteiger partial charge in [-0.05, 0) is 37.3 Å². The molecule has 120 valence electrons. The van der Waals surface area contributed by atoms with Crippen molar-refractivity contribution in [3.05, 3.63) is 51.5 Å². The first-order chi connectivity index (χ1) is 11.0. The molecular formula is C15H13ClN2O4S. The summed E-state index contributed by atoms with van der Waals surface area (Å²) in [6.07, 6.45) is 0.548. The maximum absolute atomic E-state index is 11.2. The van der Waals surface area contributed by atoms with E-state index in [1.165, 1.54) is 18.2 Å². The van der Waals surface area contributed by atoms with Crippen LogP contribution in [-0.2, 0) is 4.79 Å². The Morgan fingerprint density at radius 2 is 2.09 bits per heavy atom. The van der Waals surface area contributed by atoms with Crippen LogP contribution < -0.4 is 10.1 Å². The molecule has 6 nitrogen and oxygen atoms in total. The van der Waals surface area contributed by atoms with Crippen molar-refractivity contribution in [1.29, 1.82) is 0 Å². The van der Waals surface area contributed by atoms with E-state index >= 15 is 0 Å². The topological polar surface area (TPSA) is 81.5 Å². The minimum absolute atomic E-state index is 0.0572. The minimum Gasteiger partial charge on any atom is -0.494 e. The van der Waals surface area contributed by atoms with Gasteiger partial charge in [0.15, 0.2) is 0 Å². The third kappa shape index (κ3) is 4.37. The van der Waals surface area contributed by atoms with E-state index in [2.05, 4.69) is 5.32 Å². The molecule has 0 atom stereocenters. The van der Waals surface area contributed by atoms with E-state index in [0.29, 0.717) is 39.3 Å². The molecule has 23 heavy (non-hydrogen) atoms. The van der Waals surface area contributed by atoms with Gasteiger partial charge in [-0.1, -0.05) is 23.4 Å². The number of anilines is 1. The molecule has 1 N–H and O–H groups in total. The zero-order valence-corrected chi connectivity index (χ0v) is 13.7. The van der Waals surface area contributed by atoms with Crippen LogP contribution in [-0.4, -0.2) is 17.9 Å². The molecule has 0 radical (unpaired) electrons. The van der Waals surface area contributed by atoms with Crippen molar-refractivity contribution in [1.82, 2.24) is 0 Å². The standard InChI is InChI=1S/C15H13ClN2O4S/c1-2-22-11-4-5-12(17-9-19)14(8-11)23-15-7-10(16)3-6-13(15)18(20)21/h3-9H,2H2,1H3,(H,17,19). The highest BCUT2D eigenvalue weighted by Gasteiger charge is 2.17. The first-order valence-corrected chi connectivity index (χ1v) is 7.83. The van der Waals surface area contributed by atoms with Gasteiger partial charge in [0.2, 0.25) is 6.41 Å². The molecule has 2 rings (SSSR count). The largest absolute Gasteiger partial charge is 0.494 e. The maximum Gasteiger partial charge on any atom is 0.283 e. The third-order valence-corrected chi connectivity index (χ3v) is 4.16. The van der Waals surface area contributed by atoms with Crippen LogP contribution >= 0.6 is 23.4 Å². The van der Waals surface area contributed by atoms with Crippen molar-refractivity contribution in [2.75, 3.05) is 11.9 Å². The summed E-state index contributed by atoms with van der Waals surface area (Å²) in [5.41, 5.74) is 0.473. The Balaban J connectivity index is 2.45. The van der Waals surface area contributed by atoms with Crippen molar-refractivity contribution in [2.24, 2.45) is 0 Å². The van der Waals surface area contributed by atoms with Crippen LogP contribution in [0.25, 0.3) is 0 Å². The van der Waals surface area contributed by atoms with E-state index in [1.54, 1.807) is 18.2 Å². The Hall–Kier alpha value is -2.25. The van der Waals surface area contributed by atoms with Gasteiger partial charge in [0, 0.05) is 16.0 Å². The summed E-state index contributed by atoms with van der Waals surface area (Å²) in [5, 5.41) is 14.1. The predicted molar refractivity (Wildman–Crippen MR) is 89.5 cm³/mol. The van der Waals surface area contributed by atoms with Gasteiger partial charge in [0.25, 0.3) is 5.69 Å². The Morgan fingerprint density at radius 3 is 2.74 bits per heavy atom. The third-order valence-electron chi connectivity index (χ3n) is 2.82. The quantitative estimate of drug-likeness (QED) is 0.454. The lowest BCUT2D eigenvalue weighted by molar-refractivity contribution is -0.387. The fourth-order valence-corrected chi connectivity index (χ4v) is 3.18. The van der Waals surface area contributed by atoms with Crippen LogP contribution in [0.5, 0.6) is 5.75 Å². The highest BCUT2D eigenvalue weighted by Crippen LogP contribution is 2.41. The molecule has 2 aromatic rings. The van der Waals surface area contributed by atoms with Crippen LogP contribution in [0.4, 0.5) is 11.4 Å². The number of nitrogens with one attached hydrogen (secondary N) is 1. The number of hydrogen-bond acceptors (Lipinski definition) is 5. The number of rotatable bonds is 7. The summed E-state index contributed by atoms with van der Waals surface area (Å²) in [5.74, 6) is 0.608. The molecule has 2 aromatic carbocycles. The zero-order chi connectivity index (χ0) is 16.8. The van der Waals surface area contributed by atoms with Crippen molar-refractivity contribution in [2.45, 2.75) is 16.7 Å². The average Bonchev–Trinajstić information content (AvgIpc) is 2.50. The van der Waals surface area contributed by atoms with Gasteiger partial charge in [0.05, 0.1) is 22.1 Å². The van der Waals surface area contributed by atoms with Crippen LogP contribution in [0.1, 0.15) is 6.92 Å². The van der Waals surface area contributed by atoms with Crippen molar-refractivity contribution >= 4 is 41.1 Å². The fourth-order valence-electron chi connectivity index (χ4n) is 1.87. The summed E-state index contributed by atoms with van der Waals surface area (Å²) in [7, 11) is 0. The summed E-state index contributed by atoms with van der Waals surface area (Å²) >= 11 is 7.07. The van der Waals surface area contributed by atoms with E-state index in [4.69, 9.17) is 16.3 Å². The monoisotopic (exact) mass is 352 g/mol. The fraction of sp³-hybridized carbons (Fsp3) is 0.133. The number of ether oxygens (including phenoxy) is 1. The van der Waals surface area contributed by atoms with Crippen LogP contribution in [0.2, 0.25) is 5.02 Å². The molecule has 8 heteroatoms. The van der Waals surface area contributed by atoms with Crippen LogP contribution in [0, 0.1) is 10.1 Å². The number of nitrogens with zero attached hydrogens (tertiary/aromatic N) is 1. The minimum atomic E-state index is -0.474. The predicted octanol–water partition coefficient (Wildman–Crippen LogP) is 4.37. The molecule has 0 aliphatic carbocycles. The van der Waals surface area contributed by atoms with E-state index in [0.717, 1.165) is 11.8 Å². The molecule has 0 aliphatic rings. The average molecular weight is 353 g/mol. The van der Waals surface area contributed by atoms with Gasteiger partial charge >= 0.3 is 0 Å². The molecule has 0 heterocycles. The summed E-state index contributed by atoms with van der Waals surface area (Å²) in [4.78, 5) is 22.4. The number of amides is 1. The lowest BCUT2D eigenvalue weighted by atomic mass is 10.3. The lowest BCUT2D eigenvalue weighted by Crippen LogP contribution is -1.98. The Bertz CT molecular complexity index is 739. The zero-order valence-electron chi connectivity index (χ0n) is 12.1. The normalized spacial score (nSPS) is 10.2. The number of carbonyl (C=O) groups is 1. The summed E-state index contributed by atoms with van der Waals surface area (Å²) < 4.78 is 5.43. The molecule has 1 amide bonds. The smallest absolute Gasteiger partial charge is 0.283 e. The van der Waals surface area contributed by atoms with Gasteiger partial charge in [-0.3, -0.25) is 14.9 Å². The molecule has 0 aromatic heterocycles. The molecule has 0 saturated heterocycles. The Morgan fingerprint density at radius 1 is 1.30 bits per heavy atom. The highest BCUT2D eigenvalue weighted by atomic mass is 35.5. The number of carbonyl (C=O) groups excluding carboxylic acids is 1. The second-order valence-electron chi connectivity index (χ2n) is 4.32. The number of nitro groups is 1. The second-order valence-corrected chi connectivity index (χ2v) is 5.84. The first kappa shape index (κ1) is 17.1. The second kappa shape index (κ2) is 7.85. The van der Waals surface area contributed by atoms with Gasteiger partial charge in [-0.2, -0.15) is 0 Å². The van der Waals surface area contributed by atoms with Crippen LogP contribution in [0.3, 0.4) is 0 Å². The summed E-state index contributed by atoms with van der Waals surface area (Å²) in [6.45, 7) is 2.34. The van der Waals surface area contributed by atoms with Crippen molar-refractivity contribution in [3.8, 4) is 5.75 Å². The highest BCUT2D eigenvalue weighted by molar-refractivity contribution is 7.99. The molecule has 0 unspecified atom stereocenters. The van der Waals surface area contributed by atoms with Crippen molar-refractivity contribution in [3.63, 3.8) is 0 Å².